The summed E-state index contributed by atoms with van der Waals surface area (Å²) in [4.78, 5) is 28.0. The highest BCUT2D eigenvalue weighted by Gasteiger charge is 2.10. The third-order valence-corrected chi connectivity index (χ3v) is 6.21. The van der Waals surface area contributed by atoms with Gasteiger partial charge in [-0.3, -0.25) is 9.20 Å². The average Bonchev–Trinajstić information content (AvgIpc) is 3.05. The molecule has 0 N–H and O–H groups in total. The number of hydrogen-bond acceptors (Lipinski definition) is 6. The zero-order valence-electron chi connectivity index (χ0n) is 13.9. The highest BCUT2D eigenvalue weighted by atomic mass is 32.2. The second-order valence-corrected chi connectivity index (χ2v) is 7.80. The Morgan fingerprint density at radius 3 is 3.00 bits per heavy atom. The number of thiophene rings is 1. The molecule has 0 fully saturated rings. The lowest BCUT2D eigenvalue weighted by molar-refractivity contribution is 0.999. The third kappa shape index (κ3) is 3.05. The van der Waals surface area contributed by atoms with E-state index in [-0.39, 0.29) is 5.56 Å². The van der Waals surface area contributed by atoms with Gasteiger partial charge in [-0.05, 0) is 31.0 Å². The van der Waals surface area contributed by atoms with Crippen LogP contribution in [0.5, 0.6) is 0 Å². The molecule has 4 heterocycles. The molecule has 4 aromatic rings. The largest absolute Gasteiger partial charge is 0.269 e. The maximum atomic E-state index is 12.3. The molecule has 4 aromatic heterocycles. The Morgan fingerprint density at radius 2 is 2.16 bits per heavy atom. The van der Waals surface area contributed by atoms with Crippen LogP contribution >= 0.6 is 23.1 Å². The van der Waals surface area contributed by atoms with Gasteiger partial charge >= 0.3 is 0 Å². The number of rotatable bonds is 4. The topological polar surface area (TPSA) is 60.2 Å². The Balaban J connectivity index is 1.68. The van der Waals surface area contributed by atoms with E-state index in [2.05, 4.69) is 27.9 Å². The molecule has 0 atom stereocenters. The molecule has 126 valence electrons. The van der Waals surface area contributed by atoms with Gasteiger partial charge in [0.15, 0.2) is 0 Å². The molecule has 0 aliphatic rings. The lowest BCUT2D eigenvalue weighted by Gasteiger charge is -2.06. The first-order valence-electron chi connectivity index (χ1n) is 8.00. The summed E-state index contributed by atoms with van der Waals surface area (Å²) >= 11 is 3.30. The Morgan fingerprint density at radius 1 is 1.28 bits per heavy atom. The molecule has 0 amide bonds. The van der Waals surface area contributed by atoms with Gasteiger partial charge in [-0.2, -0.15) is 0 Å². The summed E-state index contributed by atoms with van der Waals surface area (Å²) in [5, 5.41) is 2.02. The van der Waals surface area contributed by atoms with Gasteiger partial charge in [0, 0.05) is 28.3 Å². The summed E-state index contributed by atoms with van der Waals surface area (Å²) in [5.41, 5.74) is 2.41. The second-order valence-electron chi connectivity index (χ2n) is 5.72. The first kappa shape index (κ1) is 16.2. The van der Waals surface area contributed by atoms with Crippen LogP contribution in [0.3, 0.4) is 0 Å². The number of fused-ring (bicyclic) bond motifs is 2. The molecular weight excluding hydrogens is 352 g/mol. The molecule has 0 radical (unpaired) electrons. The zero-order valence-corrected chi connectivity index (χ0v) is 15.5. The molecule has 4 rings (SSSR count). The molecular formula is C18H16N4OS2. The maximum Gasteiger partial charge on any atom is 0.258 e. The minimum atomic E-state index is -0.0547. The van der Waals surface area contributed by atoms with Crippen LogP contribution in [0.1, 0.15) is 23.1 Å². The summed E-state index contributed by atoms with van der Waals surface area (Å²) in [5.74, 6) is 0.601. The normalized spacial score (nSPS) is 11.4. The fraction of sp³-hybridized carbons (Fsp3) is 0.222. The van der Waals surface area contributed by atoms with E-state index in [1.807, 2.05) is 19.1 Å². The Hall–Kier alpha value is -2.25. The van der Waals surface area contributed by atoms with Crippen molar-refractivity contribution in [3.8, 4) is 0 Å². The van der Waals surface area contributed by atoms with Crippen LogP contribution in [0.25, 0.3) is 15.9 Å². The SMILES string of the molecule is CCc1cc2c(SCc3cc(=O)n4cccc(C)c4n3)ncnc2s1. The van der Waals surface area contributed by atoms with Crippen molar-refractivity contribution in [2.24, 2.45) is 0 Å². The number of hydrogen-bond donors (Lipinski definition) is 0. The number of aromatic nitrogens is 4. The lowest BCUT2D eigenvalue weighted by atomic mass is 10.3. The smallest absolute Gasteiger partial charge is 0.258 e. The van der Waals surface area contributed by atoms with Crippen molar-refractivity contribution < 1.29 is 0 Å². The summed E-state index contributed by atoms with van der Waals surface area (Å²) in [6.07, 6.45) is 4.35. The van der Waals surface area contributed by atoms with Crippen LogP contribution in [-0.2, 0) is 12.2 Å². The molecule has 0 saturated heterocycles. The molecule has 0 aliphatic heterocycles. The molecule has 0 unspecified atom stereocenters. The average molecular weight is 368 g/mol. The predicted octanol–water partition coefficient (Wildman–Crippen LogP) is 3.86. The van der Waals surface area contributed by atoms with E-state index >= 15 is 0 Å². The van der Waals surface area contributed by atoms with Crippen molar-refractivity contribution in [1.82, 2.24) is 19.4 Å². The molecule has 7 heteroatoms. The molecule has 0 saturated carbocycles. The molecule has 0 bridgehead atoms. The first-order valence-corrected chi connectivity index (χ1v) is 9.80. The van der Waals surface area contributed by atoms with Crippen LogP contribution in [0.2, 0.25) is 0 Å². The first-order chi connectivity index (χ1) is 12.2. The third-order valence-electron chi connectivity index (χ3n) is 3.99. The summed E-state index contributed by atoms with van der Waals surface area (Å²) in [7, 11) is 0. The van der Waals surface area contributed by atoms with E-state index in [1.165, 1.54) is 4.88 Å². The van der Waals surface area contributed by atoms with Gasteiger partial charge in [-0.25, -0.2) is 15.0 Å². The second kappa shape index (κ2) is 6.57. The Kier molecular flexibility index (Phi) is 4.27. The van der Waals surface area contributed by atoms with Crippen molar-refractivity contribution >= 4 is 39.0 Å². The standard InChI is InChI=1S/C18H16N4OS2/c1-3-13-8-14-17(19-10-20-18(14)25-13)24-9-12-7-15(23)22-6-4-5-11(2)16(22)21-12/h4-8,10H,3,9H2,1-2H3. The monoisotopic (exact) mass is 368 g/mol. The fourth-order valence-electron chi connectivity index (χ4n) is 2.70. The molecule has 0 spiro atoms. The highest BCUT2D eigenvalue weighted by molar-refractivity contribution is 7.98. The van der Waals surface area contributed by atoms with Crippen LogP contribution in [0, 0.1) is 6.92 Å². The Bertz CT molecular complexity index is 1130. The summed E-state index contributed by atoms with van der Waals surface area (Å²) in [6.45, 7) is 4.10. The van der Waals surface area contributed by atoms with Crippen LogP contribution < -0.4 is 5.56 Å². The van der Waals surface area contributed by atoms with E-state index in [0.29, 0.717) is 11.4 Å². The Labute approximate surface area is 152 Å². The number of thioether (sulfide) groups is 1. The van der Waals surface area contributed by atoms with Gasteiger partial charge in [0.25, 0.3) is 5.56 Å². The minimum Gasteiger partial charge on any atom is -0.269 e. The van der Waals surface area contributed by atoms with Crippen molar-refractivity contribution in [2.75, 3.05) is 0 Å². The maximum absolute atomic E-state index is 12.3. The van der Waals surface area contributed by atoms with Crippen LogP contribution in [0.4, 0.5) is 0 Å². The number of aryl methyl sites for hydroxylation is 2. The van der Waals surface area contributed by atoms with Crippen molar-refractivity contribution in [1.29, 1.82) is 0 Å². The molecule has 5 nitrogen and oxygen atoms in total. The van der Waals surface area contributed by atoms with Gasteiger partial charge in [0.2, 0.25) is 0 Å². The molecule has 0 aliphatic carbocycles. The summed E-state index contributed by atoms with van der Waals surface area (Å²) in [6, 6.07) is 7.59. The van der Waals surface area contributed by atoms with E-state index in [4.69, 9.17) is 0 Å². The molecule has 25 heavy (non-hydrogen) atoms. The summed E-state index contributed by atoms with van der Waals surface area (Å²) < 4.78 is 1.58. The fourth-order valence-corrected chi connectivity index (χ4v) is 4.56. The quantitative estimate of drug-likeness (QED) is 0.404. The zero-order chi connectivity index (χ0) is 17.4. The lowest BCUT2D eigenvalue weighted by Crippen LogP contribution is -2.15. The predicted molar refractivity (Wildman–Crippen MR) is 103 cm³/mol. The van der Waals surface area contributed by atoms with Crippen molar-refractivity contribution in [2.45, 2.75) is 31.0 Å². The van der Waals surface area contributed by atoms with Gasteiger partial charge in [-0.1, -0.05) is 24.8 Å². The van der Waals surface area contributed by atoms with E-state index in [1.54, 1.807) is 46.1 Å². The molecule has 0 aromatic carbocycles. The van der Waals surface area contributed by atoms with Gasteiger partial charge in [0.1, 0.15) is 21.8 Å². The van der Waals surface area contributed by atoms with Gasteiger partial charge < -0.3 is 0 Å². The van der Waals surface area contributed by atoms with Gasteiger partial charge in [-0.15, -0.1) is 11.3 Å². The van der Waals surface area contributed by atoms with Crippen LogP contribution in [0.15, 0.2) is 46.6 Å². The van der Waals surface area contributed by atoms with E-state index in [9.17, 15) is 4.79 Å². The van der Waals surface area contributed by atoms with E-state index < -0.39 is 0 Å². The minimum absolute atomic E-state index is 0.0547. The number of nitrogens with zero attached hydrogens (tertiary/aromatic N) is 4. The van der Waals surface area contributed by atoms with Crippen molar-refractivity contribution in [3.63, 3.8) is 0 Å². The van der Waals surface area contributed by atoms with Gasteiger partial charge in [0.05, 0.1) is 5.69 Å². The van der Waals surface area contributed by atoms with Crippen LogP contribution in [-0.4, -0.2) is 19.4 Å². The van der Waals surface area contributed by atoms with Crippen molar-refractivity contribution in [3.05, 3.63) is 63.3 Å². The van der Waals surface area contributed by atoms with E-state index in [0.717, 1.165) is 32.9 Å². The number of pyridine rings is 1. The highest BCUT2D eigenvalue weighted by Crippen LogP contribution is 2.32.